The molecule has 0 saturated heterocycles. The number of hydrogen-bond donors (Lipinski definition) is 2. The standard InChI is InChI=1S/C11H19N3OS/c1-9-4-5-12-10(14-9)13-6-7-16-8-11(2,3)15/h4-5,15H,6-8H2,1-3H3,(H,12,13,14). The van der Waals surface area contributed by atoms with Crippen molar-refractivity contribution in [1.82, 2.24) is 9.97 Å². The summed E-state index contributed by atoms with van der Waals surface area (Å²) >= 11 is 1.72. The number of rotatable bonds is 6. The van der Waals surface area contributed by atoms with E-state index in [2.05, 4.69) is 15.3 Å². The first-order valence-electron chi connectivity index (χ1n) is 5.31. The van der Waals surface area contributed by atoms with Crippen LogP contribution in [0.25, 0.3) is 0 Å². The lowest BCUT2D eigenvalue weighted by atomic mass is 10.2. The van der Waals surface area contributed by atoms with Crippen molar-refractivity contribution in [2.45, 2.75) is 26.4 Å². The number of nitrogens with zero attached hydrogens (tertiary/aromatic N) is 2. The number of aliphatic hydroxyl groups is 1. The fraction of sp³-hybridized carbons (Fsp3) is 0.636. The molecule has 0 saturated carbocycles. The molecule has 90 valence electrons. The fourth-order valence-corrected chi connectivity index (χ4v) is 1.98. The Kier molecular flexibility index (Phi) is 5.02. The molecule has 1 aromatic heterocycles. The summed E-state index contributed by atoms with van der Waals surface area (Å²) in [5.74, 6) is 2.34. The monoisotopic (exact) mass is 241 g/mol. The van der Waals surface area contributed by atoms with Gasteiger partial charge in [0.25, 0.3) is 0 Å². The maximum atomic E-state index is 9.50. The van der Waals surface area contributed by atoms with Gasteiger partial charge in [-0.1, -0.05) is 0 Å². The minimum atomic E-state index is -0.593. The van der Waals surface area contributed by atoms with Crippen LogP contribution in [0.2, 0.25) is 0 Å². The Morgan fingerprint density at radius 1 is 1.50 bits per heavy atom. The predicted octanol–water partition coefficient (Wildman–Crippen LogP) is 1.70. The molecule has 16 heavy (non-hydrogen) atoms. The molecule has 0 bridgehead atoms. The third-order valence-electron chi connectivity index (χ3n) is 1.78. The highest BCUT2D eigenvalue weighted by Gasteiger charge is 2.11. The molecule has 0 radical (unpaired) electrons. The number of aromatic nitrogens is 2. The van der Waals surface area contributed by atoms with Gasteiger partial charge in [-0.15, -0.1) is 0 Å². The van der Waals surface area contributed by atoms with Crippen LogP contribution in [-0.4, -0.2) is 38.7 Å². The summed E-state index contributed by atoms with van der Waals surface area (Å²) in [4.78, 5) is 8.34. The SMILES string of the molecule is Cc1ccnc(NCCSCC(C)(C)O)n1. The Balaban J connectivity index is 2.17. The highest BCUT2D eigenvalue weighted by atomic mass is 32.2. The zero-order valence-electron chi connectivity index (χ0n) is 10.0. The van der Waals surface area contributed by atoms with E-state index in [1.165, 1.54) is 0 Å². The van der Waals surface area contributed by atoms with E-state index in [1.807, 2.05) is 26.8 Å². The van der Waals surface area contributed by atoms with Crippen LogP contribution < -0.4 is 5.32 Å². The van der Waals surface area contributed by atoms with Crippen LogP contribution in [0.1, 0.15) is 19.5 Å². The van der Waals surface area contributed by atoms with Crippen LogP contribution in [0.4, 0.5) is 5.95 Å². The first-order valence-corrected chi connectivity index (χ1v) is 6.46. The molecule has 0 amide bonds. The van der Waals surface area contributed by atoms with E-state index < -0.39 is 5.60 Å². The Labute approximate surface area is 101 Å². The molecular weight excluding hydrogens is 222 g/mol. The van der Waals surface area contributed by atoms with Crippen LogP contribution in [0, 0.1) is 6.92 Å². The predicted molar refractivity (Wildman–Crippen MR) is 68.9 cm³/mol. The Hall–Kier alpha value is -0.810. The minimum absolute atomic E-state index is 0.593. The van der Waals surface area contributed by atoms with Crippen LogP contribution in [-0.2, 0) is 0 Å². The van der Waals surface area contributed by atoms with E-state index in [4.69, 9.17) is 0 Å². The van der Waals surface area contributed by atoms with Crippen molar-refractivity contribution in [2.24, 2.45) is 0 Å². The Morgan fingerprint density at radius 3 is 2.88 bits per heavy atom. The average molecular weight is 241 g/mol. The zero-order chi connectivity index (χ0) is 12.0. The van der Waals surface area contributed by atoms with Crippen molar-refractivity contribution in [3.05, 3.63) is 18.0 Å². The fourth-order valence-electron chi connectivity index (χ4n) is 1.09. The Bertz CT molecular complexity index is 325. The van der Waals surface area contributed by atoms with Gasteiger partial charge in [-0.05, 0) is 26.8 Å². The maximum Gasteiger partial charge on any atom is 0.222 e. The molecule has 2 N–H and O–H groups in total. The molecule has 1 heterocycles. The molecule has 1 aromatic rings. The number of nitrogens with one attached hydrogen (secondary N) is 1. The van der Waals surface area contributed by atoms with Crippen LogP contribution in [0.3, 0.4) is 0 Å². The molecule has 0 atom stereocenters. The van der Waals surface area contributed by atoms with Gasteiger partial charge in [0.1, 0.15) is 0 Å². The number of thioether (sulfide) groups is 1. The number of anilines is 1. The van der Waals surface area contributed by atoms with Crippen molar-refractivity contribution < 1.29 is 5.11 Å². The maximum absolute atomic E-state index is 9.50. The summed E-state index contributed by atoms with van der Waals surface area (Å²) in [5, 5.41) is 12.7. The summed E-state index contributed by atoms with van der Waals surface area (Å²) in [6.07, 6.45) is 1.74. The van der Waals surface area contributed by atoms with Gasteiger partial charge in [-0.3, -0.25) is 0 Å². The summed E-state index contributed by atoms with van der Waals surface area (Å²) in [6, 6.07) is 1.87. The summed E-state index contributed by atoms with van der Waals surface area (Å²) in [6.45, 7) is 6.38. The van der Waals surface area contributed by atoms with Crippen LogP contribution in [0.15, 0.2) is 12.3 Å². The van der Waals surface area contributed by atoms with Gasteiger partial charge in [0.05, 0.1) is 5.60 Å². The highest BCUT2D eigenvalue weighted by Crippen LogP contribution is 2.11. The second-order valence-corrected chi connectivity index (χ2v) is 5.42. The van der Waals surface area contributed by atoms with Gasteiger partial charge in [-0.2, -0.15) is 11.8 Å². The lowest BCUT2D eigenvalue weighted by Crippen LogP contribution is -2.22. The number of aryl methyl sites for hydroxylation is 1. The van der Waals surface area contributed by atoms with E-state index in [1.54, 1.807) is 18.0 Å². The van der Waals surface area contributed by atoms with Crippen LogP contribution >= 0.6 is 11.8 Å². The average Bonchev–Trinajstić information content (AvgIpc) is 2.15. The first kappa shape index (κ1) is 13.3. The lowest BCUT2D eigenvalue weighted by Gasteiger charge is -2.16. The first-order chi connectivity index (χ1) is 7.47. The van der Waals surface area contributed by atoms with Gasteiger partial charge >= 0.3 is 0 Å². The third-order valence-corrected chi connectivity index (χ3v) is 3.18. The van der Waals surface area contributed by atoms with E-state index in [0.29, 0.717) is 5.95 Å². The molecule has 0 unspecified atom stereocenters. The zero-order valence-corrected chi connectivity index (χ0v) is 10.8. The van der Waals surface area contributed by atoms with Gasteiger partial charge in [0.2, 0.25) is 5.95 Å². The summed E-state index contributed by atoms with van der Waals surface area (Å²) in [7, 11) is 0. The van der Waals surface area contributed by atoms with Crippen molar-refractivity contribution in [1.29, 1.82) is 0 Å². The molecule has 0 spiro atoms. The molecule has 0 aliphatic heterocycles. The smallest absolute Gasteiger partial charge is 0.222 e. The topological polar surface area (TPSA) is 58.0 Å². The second-order valence-electron chi connectivity index (χ2n) is 4.31. The van der Waals surface area contributed by atoms with Gasteiger partial charge in [-0.25, -0.2) is 9.97 Å². The normalized spacial score (nSPS) is 11.5. The largest absolute Gasteiger partial charge is 0.390 e. The van der Waals surface area contributed by atoms with E-state index in [9.17, 15) is 5.11 Å². The Morgan fingerprint density at radius 2 is 2.25 bits per heavy atom. The van der Waals surface area contributed by atoms with Crippen molar-refractivity contribution in [3.63, 3.8) is 0 Å². The van der Waals surface area contributed by atoms with Gasteiger partial charge in [0.15, 0.2) is 0 Å². The molecule has 0 aromatic carbocycles. The van der Waals surface area contributed by atoms with Crippen molar-refractivity contribution in [3.8, 4) is 0 Å². The quantitative estimate of drug-likeness (QED) is 0.742. The highest BCUT2D eigenvalue weighted by molar-refractivity contribution is 7.99. The molecule has 0 aliphatic carbocycles. The molecule has 4 nitrogen and oxygen atoms in total. The van der Waals surface area contributed by atoms with Gasteiger partial charge in [0, 0.05) is 29.9 Å². The molecule has 1 rings (SSSR count). The third kappa shape index (κ3) is 5.92. The van der Waals surface area contributed by atoms with E-state index in [0.717, 1.165) is 23.7 Å². The summed E-state index contributed by atoms with van der Waals surface area (Å²) < 4.78 is 0. The lowest BCUT2D eigenvalue weighted by molar-refractivity contribution is 0.107. The van der Waals surface area contributed by atoms with Crippen molar-refractivity contribution >= 4 is 17.7 Å². The molecule has 0 aliphatic rings. The molecule has 0 fully saturated rings. The minimum Gasteiger partial charge on any atom is -0.390 e. The van der Waals surface area contributed by atoms with Gasteiger partial charge < -0.3 is 10.4 Å². The van der Waals surface area contributed by atoms with Crippen LogP contribution in [0.5, 0.6) is 0 Å². The summed E-state index contributed by atoms with van der Waals surface area (Å²) in [5.41, 5.74) is 0.367. The second kappa shape index (κ2) is 6.06. The van der Waals surface area contributed by atoms with E-state index in [-0.39, 0.29) is 0 Å². The molecule has 5 heteroatoms. The van der Waals surface area contributed by atoms with Crippen molar-refractivity contribution in [2.75, 3.05) is 23.4 Å². The molecular formula is C11H19N3OS. The van der Waals surface area contributed by atoms with E-state index >= 15 is 0 Å². The number of hydrogen-bond acceptors (Lipinski definition) is 5.